The van der Waals surface area contributed by atoms with Crippen LogP contribution in [0.1, 0.15) is 87.7 Å². The Balaban J connectivity index is 1.40. The van der Waals surface area contributed by atoms with Gasteiger partial charge in [-0.05, 0) is 76.9 Å². The average molecular weight is 635 g/mol. The van der Waals surface area contributed by atoms with Crippen LogP contribution in [0.3, 0.4) is 0 Å². The number of benzene rings is 2. The number of carbonyl (C=O) groups excluding carboxylic acids is 2. The van der Waals surface area contributed by atoms with Gasteiger partial charge in [-0.2, -0.15) is 10.5 Å². The van der Waals surface area contributed by atoms with Crippen LogP contribution in [0, 0.1) is 22.7 Å². The molecule has 0 spiro atoms. The first-order chi connectivity index (χ1) is 21.2. The number of phosphoric ester groups is 1. The smallest absolute Gasteiger partial charge is 0.473 e. The molecule has 4 heterocycles. The van der Waals surface area contributed by atoms with Gasteiger partial charge in [0.05, 0.1) is 35.3 Å². The van der Waals surface area contributed by atoms with Gasteiger partial charge in [0.25, 0.3) is 0 Å². The fourth-order valence-corrected chi connectivity index (χ4v) is 8.29. The Kier molecular flexibility index (Phi) is 7.70. The van der Waals surface area contributed by atoms with Gasteiger partial charge in [-0.1, -0.05) is 0 Å². The van der Waals surface area contributed by atoms with E-state index in [1.807, 2.05) is 0 Å². The number of amides is 2. The van der Waals surface area contributed by atoms with Crippen LogP contribution < -0.4 is 9.47 Å². The van der Waals surface area contributed by atoms with Gasteiger partial charge in [-0.3, -0.25) is 18.6 Å². The van der Waals surface area contributed by atoms with Gasteiger partial charge >= 0.3 is 7.82 Å². The molecule has 2 aromatic carbocycles. The van der Waals surface area contributed by atoms with Gasteiger partial charge in [-0.15, -0.1) is 0 Å². The van der Waals surface area contributed by atoms with Crippen molar-refractivity contribution in [2.24, 2.45) is 0 Å². The van der Waals surface area contributed by atoms with Crippen molar-refractivity contribution in [1.82, 2.24) is 9.80 Å². The minimum atomic E-state index is -5.01. The van der Waals surface area contributed by atoms with Crippen LogP contribution in [0.4, 0.5) is 0 Å². The first-order valence-electron chi connectivity index (χ1n) is 15.0. The quantitative estimate of drug-likeness (QED) is 0.442. The number of phosphoric acid groups is 1. The van der Waals surface area contributed by atoms with Crippen LogP contribution in [-0.4, -0.2) is 63.0 Å². The zero-order chi connectivity index (χ0) is 32.3. The van der Waals surface area contributed by atoms with E-state index < -0.39 is 43.3 Å². The first kappa shape index (κ1) is 31.1. The van der Waals surface area contributed by atoms with E-state index in [9.17, 15) is 29.6 Å². The average Bonchev–Trinajstić information content (AvgIpc) is 3.60. The number of rotatable bonds is 6. The Morgan fingerprint density at radius 2 is 1.20 bits per heavy atom. The van der Waals surface area contributed by atoms with E-state index in [1.54, 1.807) is 73.9 Å². The summed E-state index contributed by atoms with van der Waals surface area (Å²) in [6, 6.07) is 12.3. The van der Waals surface area contributed by atoms with E-state index in [2.05, 4.69) is 12.1 Å². The van der Waals surface area contributed by atoms with Gasteiger partial charge in [-0.25, -0.2) is 4.57 Å². The van der Waals surface area contributed by atoms with Crippen LogP contribution in [-0.2, 0) is 23.2 Å². The maximum atomic E-state index is 14.2. The van der Waals surface area contributed by atoms with Crippen LogP contribution in [0.2, 0.25) is 0 Å². The van der Waals surface area contributed by atoms with Crippen molar-refractivity contribution >= 4 is 19.6 Å². The van der Waals surface area contributed by atoms with Gasteiger partial charge < -0.3 is 24.2 Å². The molecule has 0 saturated carbocycles. The lowest BCUT2D eigenvalue weighted by atomic mass is 9.85. The number of ether oxygens (including phenoxy) is 2. The van der Waals surface area contributed by atoms with Crippen molar-refractivity contribution in [2.45, 2.75) is 88.9 Å². The normalized spacial score (nSPS) is 26.7. The summed E-state index contributed by atoms with van der Waals surface area (Å²) in [5, 5.41) is 19.2. The molecule has 6 rings (SSSR count). The number of fused-ring (bicyclic) bond motifs is 2. The van der Waals surface area contributed by atoms with Crippen LogP contribution >= 0.6 is 7.82 Å². The van der Waals surface area contributed by atoms with E-state index in [-0.39, 0.29) is 11.8 Å². The van der Waals surface area contributed by atoms with E-state index in [1.165, 1.54) is 0 Å². The fourth-order valence-electron chi connectivity index (χ4n) is 6.92. The number of nitriles is 2. The van der Waals surface area contributed by atoms with Gasteiger partial charge in [0, 0.05) is 37.1 Å². The predicted octanol–water partition coefficient (Wildman–Crippen LogP) is 4.67. The van der Waals surface area contributed by atoms with Crippen LogP contribution in [0.25, 0.3) is 0 Å². The summed E-state index contributed by atoms with van der Waals surface area (Å²) in [7, 11) is -5.01. The summed E-state index contributed by atoms with van der Waals surface area (Å²) in [5.74, 6) is 0.591. The van der Waals surface area contributed by atoms with Crippen molar-refractivity contribution in [3.8, 4) is 23.6 Å². The third kappa shape index (κ3) is 5.57. The van der Waals surface area contributed by atoms with Crippen molar-refractivity contribution in [2.75, 3.05) is 13.1 Å². The number of hydrogen-bond acceptors (Lipinski definition) is 9. The summed E-state index contributed by atoms with van der Waals surface area (Å²) in [6.07, 6.45) is -0.536. The Hall–Kier alpha value is -3.93. The van der Waals surface area contributed by atoms with Crippen LogP contribution in [0.15, 0.2) is 36.4 Å². The highest BCUT2D eigenvalue weighted by Gasteiger charge is 2.56. The highest BCUT2D eigenvalue weighted by Crippen LogP contribution is 2.58. The standard InChI is InChI=1S/C32H35N4O8P/c1-31(2)29(27(35-13-5-7-25(35)37)21-15-19(17-33)9-11-23(21)41-31)43-45(39,40)44-30-28(36-14-6-8-26(36)38)22-16-20(18-34)10-12-24(22)42-32(30,3)4/h9-12,15-16,27-30H,5-8,13-14H2,1-4H3,(H,39,40)/t27-,28-,29-,30-/m1/s1. The highest BCUT2D eigenvalue weighted by molar-refractivity contribution is 7.47. The number of carbonyl (C=O) groups is 2. The summed E-state index contributed by atoms with van der Waals surface area (Å²) in [6.45, 7) is 7.59. The molecule has 0 radical (unpaired) electrons. The molecule has 2 aromatic rings. The Bertz CT molecular complexity index is 1580. The van der Waals surface area contributed by atoms with Gasteiger partial charge in [0.15, 0.2) is 0 Å². The molecule has 45 heavy (non-hydrogen) atoms. The SMILES string of the molecule is CC1(C)Oc2ccc(C#N)cc2[C@@H](N2CCCC2=O)[C@H]1OP(=O)(O)O[C@@H]1[C@H](N2CCCC2=O)c2cc(C#N)ccc2OC1(C)C. The van der Waals surface area contributed by atoms with Crippen LogP contribution in [0.5, 0.6) is 11.5 Å². The molecule has 2 fully saturated rings. The van der Waals surface area contributed by atoms with Gasteiger partial charge in [0.2, 0.25) is 11.8 Å². The topological polar surface area (TPSA) is 162 Å². The van der Waals surface area contributed by atoms with Crippen molar-refractivity contribution < 1.29 is 37.6 Å². The maximum Gasteiger partial charge on any atom is 0.473 e. The van der Waals surface area contributed by atoms with Gasteiger partial charge in [0.1, 0.15) is 34.9 Å². The monoisotopic (exact) mass is 634 g/mol. The third-order valence-electron chi connectivity index (χ3n) is 8.99. The van der Waals surface area contributed by atoms with E-state index in [0.29, 0.717) is 72.5 Å². The zero-order valence-corrected chi connectivity index (χ0v) is 26.5. The molecule has 0 bridgehead atoms. The second-order valence-corrected chi connectivity index (χ2v) is 14.3. The van der Waals surface area contributed by atoms with Crippen molar-refractivity contribution in [1.29, 1.82) is 10.5 Å². The minimum Gasteiger partial charge on any atom is -0.485 e. The third-order valence-corrected chi connectivity index (χ3v) is 9.98. The van der Waals surface area contributed by atoms with E-state index in [0.717, 1.165) is 0 Å². The lowest BCUT2D eigenvalue weighted by Gasteiger charge is -2.49. The molecule has 4 aliphatic rings. The predicted molar refractivity (Wildman–Crippen MR) is 159 cm³/mol. The van der Waals surface area contributed by atoms with Crippen molar-refractivity contribution in [3.63, 3.8) is 0 Å². The number of nitrogens with zero attached hydrogens (tertiary/aromatic N) is 4. The minimum absolute atomic E-state index is 0.146. The van der Waals surface area contributed by atoms with E-state index >= 15 is 0 Å². The summed E-state index contributed by atoms with van der Waals surface area (Å²) >= 11 is 0. The fraction of sp³-hybridized carbons (Fsp3) is 0.500. The molecule has 2 saturated heterocycles. The Labute approximate surface area is 261 Å². The molecule has 2 amide bonds. The van der Waals surface area contributed by atoms with Crippen molar-refractivity contribution in [3.05, 3.63) is 58.7 Å². The molecule has 12 nitrogen and oxygen atoms in total. The molecular weight excluding hydrogens is 599 g/mol. The first-order valence-corrected chi connectivity index (χ1v) is 16.5. The molecule has 0 unspecified atom stereocenters. The number of hydrogen-bond donors (Lipinski definition) is 1. The second-order valence-electron chi connectivity index (χ2n) is 12.9. The summed E-state index contributed by atoms with van der Waals surface area (Å²) in [5.41, 5.74) is -0.765. The molecular formula is C32H35N4O8P. The lowest BCUT2D eigenvalue weighted by molar-refractivity contribution is -0.144. The summed E-state index contributed by atoms with van der Waals surface area (Å²) in [4.78, 5) is 40.9. The second kappa shape index (κ2) is 11.1. The lowest BCUT2D eigenvalue weighted by Crippen LogP contribution is -2.56. The Morgan fingerprint density at radius 1 is 0.800 bits per heavy atom. The molecule has 0 aromatic heterocycles. The van der Waals surface area contributed by atoms with E-state index in [4.69, 9.17) is 18.5 Å². The molecule has 4 atom stereocenters. The Morgan fingerprint density at radius 3 is 1.53 bits per heavy atom. The largest absolute Gasteiger partial charge is 0.485 e. The summed E-state index contributed by atoms with van der Waals surface area (Å²) < 4.78 is 38.8. The highest BCUT2D eigenvalue weighted by atomic mass is 31.2. The number of likely N-dealkylation sites (tertiary alicyclic amines) is 2. The molecule has 13 heteroatoms. The maximum absolute atomic E-state index is 14.2. The molecule has 0 aliphatic carbocycles. The molecule has 4 aliphatic heterocycles. The zero-order valence-electron chi connectivity index (χ0n) is 25.6. The molecule has 236 valence electrons. The molecule has 1 N–H and O–H groups in total.